The van der Waals surface area contributed by atoms with Crippen LogP contribution in [0, 0.1) is 0 Å². The van der Waals surface area contributed by atoms with Gasteiger partial charge in [-0.05, 0) is 48.4 Å². The van der Waals surface area contributed by atoms with E-state index < -0.39 is 17.3 Å². The Morgan fingerprint density at radius 1 is 1.00 bits per heavy atom. The minimum Gasteiger partial charge on any atom is -0.493 e. The number of nitrogens with zero attached hydrogens (tertiary/aromatic N) is 2. The third kappa shape index (κ3) is 6.83. The van der Waals surface area contributed by atoms with Gasteiger partial charge < -0.3 is 14.8 Å². The second-order valence-corrected chi connectivity index (χ2v) is 10.2. The minimum atomic E-state index is -4.44. The Hall–Kier alpha value is -3.41. The highest BCUT2D eigenvalue weighted by molar-refractivity contribution is 7.99. The van der Waals surface area contributed by atoms with E-state index in [9.17, 15) is 22.8 Å². The molecular weight excluding hydrogens is 590 g/mol. The Balaban J connectivity index is 1.63. The van der Waals surface area contributed by atoms with Crippen LogP contribution in [-0.2, 0) is 23.9 Å². The molecule has 0 aliphatic carbocycles. The van der Waals surface area contributed by atoms with Gasteiger partial charge in [0.25, 0.3) is 5.56 Å². The molecule has 210 valence electrons. The van der Waals surface area contributed by atoms with Crippen LogP contribution in [0.25, 0.3) is 10.9 Å². The maximum Gasteiger partial charge on any atom is 0.416 e. The Kier molecular flexibility index (Phi) is 9.17. The van der Waals surface area contributed by atoms with Crippen LogP contribution in [0.1, 0.15) is 11.1 Å². The maximum absolute atomic E-state index is 13.6. The van der Waals surface area contributed by atoms with Crippen molar-refractivity contribution < 1.29 is 27.4 Å². The fourth-order valence-electron chi connectivity index (χ4n) is 3.84. The van der Waals surface area contributed by atoms with Crippen LogP contribution in [0.3, 0.4) is 0 Å². The lowest BCUT2D eigenvalue weighted by atomic mass is 10.1. The van der Waals surface area contributed by atoms with Gasteiger partial charge in [-0.25, -0.2) is 4.98 Å². The highest BCUT2D eigenvalue weighted by Crippen LogP contribution is 2.32. The highest BCUT2D eigenvalue weighted by atomic mass is 35.5. The van der Waals surface area contributed by atoms with Gasteiger partial charge in [0.15, 0.2) is 16.7 Å². The molecule has 0 atom stereocenters. The van der Waals surface area contributed by atoms with Crippen molar-refractivity contribution in [3.05, 3.63) is 86.1 Å². The summed E-state index contributed by atoms with van der Waals surface area (Å²) in [4.78, 5) is 30.8. The Morgan fingerprint density at radius 2 is 1.68 bits per heavy atom. The van der Waals surface area contributed by atoms with E-state index >= 15 is 0 Å². The van der Waals surface area contributed by atoms with Crippen molar-refractivity contribution in [3.8, 4) is 11.5 Å². The molecule has 0 bridgehead atoms. The Bertz CT molecular complexity index is 1610. The topological polar surface area (TPSA) is 82.5 Å². The zero-order valence-corrected chi connectivity index (χ0v) is 23.5. The number of hydrogen-bond acceptors (Lipinski definition) is 6. The molecule has 1 amide bonds. The number of aryl methyl sites for hydroxylation is 1. The molecule has 0 aliphatic rings. The van der Waals surface area contributed by atoms with Gasteiger partial charge in [0.05, 0.1) is 46.5 Å². The monoisotopic (exact) mass is 611 g/mol. The van der Waals surface area contributed by atoms with E-state index in [-0.39, 0.29) is 40.2 Å². The summed E-state index contributed by atoms with van der Waals surface area (Å²) in [7, 11) is 2.90. The van der Waals surface area contributed by atoms with Crippen LogP contribution in [0.15, 0.2) is 64.5 Å². The predicted molar refractivity (Wildman–Crippen MR) is 150 cm³/mol. The number of carbonyl (C=O) groups is 1. The first-order valence-corrected chi connectivity index (χ1v) is 13.4. The van der Waals surface area contributed by atoms with E-state index in [4.69, 9.17) is 32.7 Å². The number of methoxy groups -OCH3 is 2. The van der Waals surface area contributed by atoms with E-state index in [1.165, 1.54) is 43.1 Å². The molecule has 0 radical (unpaired) electrons. The molecule has 40 heavy (non-hydrogen) atoms. The number of carbonyl (C=O) groups excluding carboxylic acids is 1. The van der Waals surface area contributed by atoms with Crippen molar-refractivity contribution in [2.24, 2.45) is 0 Å². The van der Waals surface area contributed by atoms with Crippen LogP contribution >= 0.6 is 35.0 Å². The van der Waals surface area contributed by atoms with Gasteiger partial charge in [0.1, 0.15) is 0 Å². The van der Waals surface area contributed by atoms with Crippen molar-refractivity contribution in [1.82, 2.24) is 9.55 Å². The molecule has 1 aromatic heterocycles. The second-order valence-electron chi connectivity index (χ2n) is 8.49. The van der Waals surface area contributed by atoms with Gasteiger partial charge >= 0.3 is 6.18 Å². The molecule has 0 spiro atoms. The van der Waals surface area contributed by atoms with Crippen LogP contribution < -0.4 is 20.3 Å². The van der Waals surface area contributed by atoms with E-state index in [0.717, 1.165) is 23.9 Å². The lowest BCUT2D eigenvalue weighted by Crippen LogP contribution is -2.25. The lowest BCUT2D eigenvalue weighted by Gasteiger charge is -2.15. The number of aromatic nitrogens is 2. The molecule has 0 saturated carbocycles. The van der Waals surface area contributed by atoms with E-state index in [1.807, 2.05) is 0 Å². The number of thioether (sulfide) groups is 1. The van der Waals surface area contributed by atoms with E-state index in [0.29, 0.717) is 33.3 Å². The number of benzene rings is 3. The molecule has 4 aromatic rings. The number of ether oxygens (including phenoxy) is 2. The molecule has 3 aromatic carbocycles. The number of anilines is 1. The van der Waals surface area contributed by atoms with Crippen molar-refractivity contribution in [3.63, 3.8) is 0 Å². The third-order valence-corrected chi connectivity index (χ3v) is 7.58. The number of alkyl halides is 3. The average molecular weight is 612 g/mol. The molecule has 0 saturated heterocycles. The average Bonchev–Trinajstić information content (AvgIpc) is 2.92. The van der Waals surface area contributed by atoms with Crippen molar-refractivity contribution >= 4 is 57.5 Å². The van der Waals surface area contributed by atoms with E-state index in [2.05, 4.69) is 10.3 Å². The van der Waals surface area contributed by atoms with Gasteiger partial charge in [0.2, 0.25) is 5.91 Å². The highest BCUT2D eigenvalue weighted by Gasteiger charge is 2.30. The zero-order chi connectivity index (χ0) is 29.0. The minimum absolute atomic E-state index is 0.0915. The normalized spacial score (nSPS) is 11.5. The van der Waals surface area contributed by atoms with Gasteiger partial charge in [-0.2, -0.15) is 13.2 Å². The molecule has 0 unspecified atom stereocenters. The molecule has 1 heterocycles. The summed E-state index contributed by atoms with van der Waals surface area (Å²) in [5, 5.41) is 3.85. The fraction of sp³-hybridized carbons (Fsp3) is 0.222. The Morgan fingerprint density at radius 3 is 2.30 bits per heavy atom. The van der Waals surface area contributed by atoms with Gasteiger partial charge in [-0.15, -0.1) is 0 Å². The van der Waals surface area contributed by atoms with Gasteiger partial charge in [-0.3, -0.25) is 14.2 Å². The molecule has 7 nitrogen and oxygen atoms in total. The van der Waals surface area contributed by atoms with Crippen molar-refractivity contribution in [1.29, 1.82) is 0 Å². The van der Waals surface area contributed by atoms with Crippen molar-refractivity contribution in [2.45, 2.75) is 24.3 Å². The quantitative estimate of drug-likeness (QED) is 0.167. The fourth-order valence-corrected chi connectivity index (χ4v) is 4.96. The zero-order valence-electron chi connectivity index (χ0n) is 21.1. The molecule has 0 fully saturated rings. The standard InChI is InChI=1S/C27H22Cl2F3N3O4S/c1-38-22-12-18-21(13-23(22)39-2)34-26(40-14-24(36)33-17-7-8-19(28)20(29)11-17)35(25(18)37)10-9-15-3-5-16(6-4-15)27(30,31)32/h3-8,11-13H,9-10,14H2,1-2H3,(H,33,36). The number of amides is 1. The second kappa shape index (κ2) is 12.4. The summed E-state index contributed by atoms with van der Waals surface area (Å²) >= 11 is 13.0. The summed E-state index contributed by atoms with van der Waals surface area (Å²) in [6.07, 6.45) is -4.19. The van der Waals surface area contributed by atoms with Crippen LogP contribution in [-0.4, -0.2) is 35.4 Å². The van der Waals surface area contributed by atoms with Crippen molar-refractivity contribution in [2.75, 3.05) is 25.3 Å². The molecule has 13 heteroatoms. The summed E-state index contributed by atoms with van der Waals surface area (Å²) < 4.78 is 50.9. The predicted octanol–water partition coefficient (Wildman–Crippen LogP) is 6.71. The number of halogens is 5. The van der Waals surface area contributed by atoms with Crippen LogP contribution in [0.2, 0.25) is 10.0 Å². The SMILES string of the molecule is COc1cc2nc(SCC(=O)Nc3ccc(Cl)c(Cl)c3)n(CCc3ccc(C(F)(F)F)cc3)c(=O)c2cc1OC. The number of nitrogens with one attached hydrogen (secondary N) is 1. The van der Waals surface area contributed by atoms with Crippen LogP contribution in [0.4, 0.5) is 18.9 Å². The Labute approximate surface area is 241 Å². The van der Waals surface area contributed by atoms with Crippen LogP contribution in [0.5, 0.6) is 11.5 Å². The summed E-state index contributed by atoms with van der Waals surface area (Å²) in [5.41, 5.74) is 0.223. The molecular formula is C27H22Cl2F3N3O4S. The van der Waals surface area contributed by atoms with E-state index in [1.54, 1.807) is 18.2 Å². The first-order chi connectivity index (χ1) is 19.0. The molecule has 0 aliphatic heterocycles. The van der Waals surface area contributed by atoms with Gasteiger partial charge in [-0.1, -0.05) is 47.1 Å². The summed E-state index contributed by atoms with van der Waals surface area (Å²) in [6, 6.07) is 12.5. The molecule has 1 N–H and O–H groups in total. The lowest BCUT2D eigenvalue weighted by molar-refractivity contribution is -0.137. The number of hydrogen-bond donors (Lipinski definition) is 1. The third-order valence-electron chi connectivity index (χ3n) is 5.87. The number of fused-ring (bicyclic) bond motifs is 1. The first kappa shape index (κ1) is 29.6. The van der Waals surface area contributed by atoms with Gasteiger partial charge in [0, 0.05) is 18.3 Å². The molecule has 4 rings (SSSR count). The number of rotatable bonds is 9. The summed E-state index contributed by atoms with van der Waals surface area (Å²) in [5.74, 6) is 0.243. The largest absolute Gasteiger partial charge is 0.493 e. The summed E-state index contributed by atoms with van der Waals surface area (Å²) in [6.45, 7) is 0.109. The maximum atomic E-state index is 13.6. The smallest absolute Gasteiger partial charge is 0.416 e. The first-order valence-electron chi connectivity index (χ1n) is 11.7.